The van der Waals surface area contributed by atoms with Crippen LogP contribution >= 0.6 is 0 Å². The molecule has 1 heterocycles. The zero-order chi connectivity index (χ0) is 13.8. The van der Waals surface area contributed by atoms with E-state index < -0.39 is 0 Å². The predicted octanol–water partition coefficient (Wildman–Crippen LogP) is 0.929. The van der Waals surface area contributed by atoms with E-state index in [0.717, 1.165) is 25.9 Å². The third kappa shape index (κ3) is 4.49. The number of methoxy groups -OCH3 is 1. The van der Waals surface area contributed by atoms with Crippen LogP contribution in [0.1, 0.15) is 39.0 Å². The second-order valence-corrected chi connectivity index (χ2v) is 5.80. The zero-order valence-electron chi connectivity index (χ0n) is 11.9. The predicted molar refractivity (Wildman–Crippen MR) is 71.6 cm³/mol. The van der Waals surface area contributed by atoms with E-state index in [4.69, 9.17) is 4.74 Å². The summed E-state index contributed by atoms with van der Waals surface area (Å²) in [6.45, 7) is 3.58. The molecule has 1 saturated heterocycles. The minimum atomic E-state index is -0.139. The summed E-state index contributed by atoms with van der Waals surface area (Å²) in [6.07, 6.45) is 4.85. The highest BCUT2D eigenvalue weighted by atomic mass is 16.5. The first-order chi connectivity index (χ1) is 9.08. The molecule has 1 N–H and O–H groups in total. The molecule has 5 heteroatoms. The molecule has 1 amide bonds. The first kappa shape index (κ1) is 14.3. The van der Waals surface area contributed by atoms with Crippen molar-refractivity contribution in [3.63, 3.8) is 0 Å². The van der Waals surface area contributed by atoms with Gasteiger partial charge in [-0.15, -0.1) is 0 Å². The fourth-order valence-electron chi connectivity index (χ4n) is 3.00. The summed E-state index contributed by atoms with van der Waals surface area (Å²) < 4.78 is 4.70. The largest absolute Gasteiger partial charge is 0.469 e. The number of carbonyl (C=O) groups excluding carboxylic acids is 2. The lowest BCUT2D eigenvalue weighted by Gasteiger charge is -2.38. The molecule has 5 nitrogen and oxygen atoms in total. The number of likely N-dealkylation sites (tertiary alicyclic amines) is 1. The van der Waals surface area contributed by atoms with Crippen molar-refractivity contribution in [2.45, 2.75) is 51.1 Å². The van der Waals surface area contributed by atoms with Gasteiger partial charge in [0.05, 0.1) is 7.11 Å². The van der Waals surface area contributed by atoms with Crippen LogP contribution in [0.15, 0.2) is 0 Å². The maximum Gasteiger partial charge on any atom is 0.305 e. The number of hydrogen-bond donors (Lipinski definition) is 1. The lowest BCUT2D eigenvalue weighted by molar-refractivity contribution is -0.141. The molecular weight excluding hydrogens is 244 g/mol. The van der Waals surface area contributed by atoms with Gasteiger partial charge in [-0.1, -0.05) is 0 Å². The highest BCUT2D eigenvalue weighted by molar-refractivity contribution is 5.73. The number of amides is 1. The van der Waals surface area contributed by atoms with Crippen LogP contribution < -0.4 is 5.32 Å². The highest BCUT2D eigenvalue weighted by Gasteiger charge is 2.36. The third-order valence-electron chi connectivity index (χ3n) is 4.02. The minimum Gasteiger partial charge on any atom is -0.469 e. The molecule has 19 heavy (non-hydrogen) atoms. The van der Waals surface area contributed by atoms with Gasteiger partial charge in [0, 0.05) is 38.5 Å². The van der Waals surface area contributed by atoms with Crippen molar-refractivity contribution in [2.24, 2.45) is 5.92 Å². The molecule has 1 saturated carbocycles. The molecular formula is C14H24N2O3. The molecule has 2 rings (SSSR count). The van der Waals surface area contributed by atoms with Crippen LogP contribution in [0, 0.1) is 5.92 Å². The molecule has 0 aromatic carbocycles. The lowest BCUT2D eigenvalue weighted by Crippen LogP contribution is -2.51. The molecule has 2 atom stereocenters. The monoisotopic (exact) mass is 268 g/mol. The van der Waals surface area contributed by atoms with E-state index in [-0.39, 0.29) is 17.9 Å². The topological polar surface area (TPSA) is 58.6 Å². The normalized spacial score (nSPS) is 27.9. The quantitative estimate of drug-likeness (QED) is 0.754. The van der Waals surface area contributed by atoms with Crippen LogP contribution in [-0.2, 0) is 14.3 Å². The van der Waals surface area contributed by atoms with Gasteiger partial charge < -0.3 is 10.1 Å². The van der Waals surface area contributed by atoms with Gasteiger partial charge in [-0.2, -0.15) is 0 Å². The van der Waals surface area contributed by atoms with Crippen molar-refractivity contribution in [1.29, 1.82) is 0 Å². The average Bonchev–Trinajstić information content (AvgIpc) is 3.19. The molecule has 2 aliphatic rings. The number of esters is 1. The Hall–Kier alpha value is -1.10. The average molecular weight is 268 g/mol. The van der Waals surface area contributed by atoms with Crippen molar-refractivity contribution in [1.82, 2.24) is 10.2 Å². The van der Waals surface area contributed by atoms with Crippen LogP contribution in [0.3, 0.4) is 0 Å². The van der Waals surface area contributed by atoms with Crippen LogP contribution in [0.4, 0.5) is 0 Å². The van der Waals surface area contributed by atoms with Crippen LogP contribution in [0.5, 0.6) is 0 Å². The number of carbonyl (C=O) groups is 2. The fourth-order valence-corrected chi connectivity index (χ4v) is 3.00. The van der Waals surface area contributed by atoms with Crippen molar-refractivity contribution in [3.05, 3.63) is 0 Å². The van der Waals surface area contributed by atoms with E-state index in [0.29, 0.717) is 18.4 Å². The van der Waals surface area contributed by atoms with E-state index in [1.807, 2.05) is 0 Å². The summed E-state index contributed by atoms with van der Waals surface area (Å²) in [5.41, 5.74) is 0. The van der Waals surface area contributed by atoms with Crippen LogP contribution in [0.2, 0.25) is 0 Å². The first-order valence-corrected chi connectivity index (χ1v) is 7.16. The minimum absolute atomic E-state index is 0.0364. The molecule has 0 spiro atoms. The molecule has 108 valence electrons. The van der Waals surface area contributed by atoms with E-state index in [1.54, 1.807) is 6.92 Å². The summed E-state index contributed by atoms with van der Waals surface area (Å²) in [5.74, 6) is 0.374. The lowest BCUT2D eigenvalue weighted by atomic mass is 9.90. The third-order valence-corrected chi connectivity index (χ3v) is 4.02. The second-order valence-electron chi connectivity index (χ2n) is 5.80. The Kier molecular flexibility index (Phi) is 4.80. The molecule has 0 aromatic rings. The van der Waals surface area contributed by atoms with Gasteiger partial charge in [-0.05, 0) is 31.6 Å². The molecule has 0 radical (unpaired) electrons. The molecule has 1 aliphatic carbocycles. The van der Waals surface area contributed by atoms with E-state index >= 15 is 0 Å². The van der Waals surface area contributed by atoms with Crippen LogP contribution in [-0.4, -0.2) is 49.1 Å². The van der Waals surface area contributed by atoms with E-state index in [9.17, 15) is 9.59 Å². The number of rotatable bonds is 5. The smallest absolute Gasteiger partial charge is 0.305 e. The second kappa shape index (κ2) is 6.37. The SMILES string of the molecule is COC(=O)CCC1CC(NC(C)=O)CN(C2CC2)C1. The van der Waals surface area contributed by atoms with Gasteiger partial charge in [-0.3, -0.25) is 14.5 Å². The summed E-state index contributed by atoms with van der Waals surface area (Å²) in [5, 5.41) is 3.03. The van der Waals surface area contributed by atoms with Gasteiger partial charge in [0.15, 0.2) is 0 Å². The number of ether oxygens (including phenoxy) is 1. The number of nitrogens with one attached hydrogen (secondary N) is 1. The number of hydrogen-bond acceptors (Lipinski definition) is 4. The maximum atomic E-state index is 11.2. The van der Waals surface area contributed by atoms with Crippen molar-refractivity contribution >= 4 is 11.9 Å². The molecule has 2 fully saturated rings. The Morgan fingerprint density at radius 3 is 2.63 bits per heavy atom. The Bertz CT molecular complexity index is 342. The van der Waals surface area contributed by atoms with Crippen molar-refractivity contribution in [2.75, 3.05) is 20.2 Å². The standard InChI is InChI=1S/C14H24N2O3/c1-10(17)15-12-7-11(3-6-14(18)19-2)8-16(9-12)13-4-5-13/h11-13H,3-9H2,1-2H3,(H,15,17). The molecule has 0 bridgehead atoms. The van der Waals surface area contributed by atoms with Crippen LogP contribution in [0.25, 0.3) is 0 Å². The fraction of sp³-hybridized carbons (Fsp3) is 0.857. The zero-order valence-corrected chi connectivity index (χ0v) is 11.9. The summed E-state index contributed by atoms with van der Waals surface area (Å²) in [7, 11) is 1.43. The summed E-state index contributed by atoms with van der Waals surface area (Å²) >= 11 is 0. The molecule has 1 aliphatic heterocycles. The van der Waals surface area contributed by atoms with Gasteiger partial charge >= 0.3 is 5.97 Å². The Morgan fingerprint density at radius 1 is 1.32 bits per heavy atom. The van der Waals surface area contributed by atoms with Gasteiger partial charge in [0.1, 0.15) is 0 Å². The maximum absolute atomic E-state index is 11.2. The summed E-state index contributed by atoms with van der Waals surface area (Å²) in [6, 6.07) is 0.937. The Morgan fingerprint density at radius 2 is 2.05 bits per heavy atom. The Labute approximate surface area is 114 Å². The molecule has 2 unspecified atom stereocenters. The van der Waals surface area contributed by atoms with E-state index in [2.05, 4.69) is 10.2 Å². The summed E-state index contributed by atoms with van der Waals surface area (Å²) in [4.78, 5) is 24.9. The number of nitrogens with zero attached hydrogens (tertiary/aromatic N) is 1. The Balaban J connectivity index is 1.86. The molecule has 0 aromatic heterocycles. The first-order valence-electron chi connectivity index (χ1n) is 7.16. The van der Waals surface area contributed by atoms with E-state index in [1.165, 1.54) is 20.0 Å². The number of piperidine rings is 1. The van der Waals surface area contributed by atoms with Gasteiger partial charge in [-0.25, -0.2) is 0 Å². The highest BCUT2D eigenvalue weighted by Crippen LogP contribution is 2.32. The van der Waals surface area contributed by atoms with Crippen molar-refractivity contribution in [3.8, 4) is 0 Å². The van der Waals surface area contributed by atoms with Gasteiger partial charge in [0.2, 0.25) is 5.91 Å². The van der Waals surface area contributed by atoms with Crippen molar-refractivity contribution < 1.29 is 14.3 Å². The van der Waals surface area contributed by atoms with Gasteiger partial charge in [0.25, 0.3) is 0 Å².